The molecule has 0 unspecified atom stereocenters. The fourth-order valence-corrected chi connectivity index (χ4v) is 3.34. The van der Waals surface area contributed by atoms with Gasteiger partial charge in [-0.15, -0.1) is 0 Å². The molecule has 3 rings (SSSR count). The summed E-state index contributed by atoms with van der Waals surface area (Å²) in [5.41, 5.74) is 1.35. The Hall–Kier alpha value is -3.12. The lowest BCUT2D eigenvalue weighted by atomic mass is 10.1. The van der Waals surface area contributed by atoms with Crippen LogP contribution in [0.1, 0.15) is 49.0 Å². The van der Waals surface area contributed by atoms with Crippen LogP contribution >= 0.6 is 11.6 Å². The van der Waals surface area contributed by atoms with Crippen LogP contribution in [0.5, 0.6) is 5.75 Å². The van der Waals surface area contributed by atoms with Gasteiger partial charge in [0.25, 0.3) is 11.8 Å². The van der Waals surface area contributed by atoms with Gasteiger partial charge in [-0.2, -0.15) is 0 Å². The van der Waals surface area contributed by atoms with Gasteiger partial charge in [-0.25, -0.2) is 9.69 Å². The van der Waals surface area contributed by atoms with Gasteiger partial charge in [0.05, 0.1) is 30.0 Å². The van der Waals surface area contributed by atoms with Crippen molar-refractivity contribution in [2.45, 2.75) is 33.1 Å². The molecule has 0 spiro atoms. The fourth-order valence-electron chi connectivity index (χ4n) is 3.06. The van der Waals surface area contributed by atoms with Gasteiger partial charge < -0.3 is 9.47 Å². The Labute approximate surface area is 186 Å². The molecule has 31 heavy (non-hydrogen) atoms. The number of hydrogen-bond acceptors (Lipinski definition) is 5. The molecule has 2 aromatic carbocycles. The molecule has 0 fully saturated rings. The number of halogens is 1. The van der Waals surface area contributed by atoms with Gasteiger partial charge in [-0.1, -0.05) is 44.0 Å². The van der Waals surface area contributed by atoms with E-state index in [-0.39, 0.29) is 10.6 Å². The molecule has 1 aliphatic rings. The van der Waals surface area contributed by atoms with E-state index in [9.17, 15) is 14.4 Å². The Bertz CT molecular complexity index is 996. The first-order valence-corrected chi connectivity index (χ1v) is 10.6. The quantitative estimate of drug-likeness (QED) is 0.312. The maximum Gasteiger partial charge on any atom is 0.338 e. The molecule has 7 heteroatoms. The number of ether oxygens (including phenoxy) is 2. The average Bonchev–Trinajstić information content (AvgIpc) is 3.01. The lowest BCUT2D eigenvalue weighted by Gasteiger charge is -2.15. The van der Waals surface area contributed by atoms with Crippen LogP contribution in [-0.2, 0) is 14.3 Å². The number of benzene rings is 2. The zero-order valence-corrected chi connectivity index (χ0v) is 18.3. The number of unbranched alkanes of at least 4 members (excludes halogenated alkanes) is 1. The van der Waals surface area contributed by atoms with Crippen molar-refractivity contribution in [1.29, 1.82) is 0 Å². The first kappa shape index (κ1) is 22.6. The van der Waals surface area contributed by atoms with Gasteiger partial charge in [0.15, 0.2) is 0 Å². The SMILES string of the molecule is CCCCOC(=O)c1ccc(N2C(=O)C(Cl)=C(c3ccc(OCCC)cc3)C2=O)cc1. The molecule has 1 aliphatic heterocycles. The average molecular weight is 442 g/mol. The van der Waals surface area contributed by atoms with Crippen LogP contribution in [-0.4, -0.2) is 31.0 Å². The van der Waals surface area contributed by atoms with Crippen molar-refractivity contribution in [2.24, 2.45) is 0 Å². The lowest BCUT2D eigenvalue weighted by Crippen LogP contribution is -2.31. The topological polar surface area (TPSA) is 72.9 Å². The first-order valence-electron chi connectivity index (χ1n) is 10.3. The summed E-state index contributed by atoms with van der Waals surface area (Å²) in [5, 5.41) is -0.143. The molecule has 0 radical (unpaired) electrons. The van der Waals surface area contributed by atoms with Crippen molar-refractivity contribution in [1.82, 2.24) is 0 Å². The molecular formula is C24H24ClNO5. The number of carbonyl (C=O) groups is 3. The minimum Gasteiger partial charge on any atom is -0.494 e. The zero-order chi connectivity index (χ0) is 22.4. The van der Waals surface area contributed by atoms with Crippen LogP contribution in [0.25, 0.3) is 5.57 Å². The van der Waals surface area contributed by atoms with Gasteiger partial charge in [0.2, 0.25) is 0 Å². The third kappa shape index (κ3) is 4.97. The van der Waals surface area contributed by atoms with E-state index in [0.717, 1.165) is 24.2 Å². The number of hydrogen-bond donors (Lipinski definition) is 0. The maximum atomic E-state index is 13.0. The van der Waals surface area contributed by atoms with E-state index in [1.807, 2.05) is 13.8 Å². The van der Waals surface area contributed by atoms with Gasteiger partial charge in [-0.3, -0.25) is 9.59 Å². The number of imide groups is 1. The Morgan fingerprint density at radius 1 is 0.903 bits per heavy atom. The molecule has 2 aromatic rings. The summed E-state index contributed by atoms with van der Waals surface area (Å²) >= 11 is 6.24. The van der Waals surface area contributed by atoms with Crippen molar-refractivity contribution in [3.63, 3.8) is 0 Å². The molecule has 0 atom stereocenters. The molecule has 0 saturated carbocycles. The molecule has 6 nitrogen and oxygen atoms in total. The van der Waals surface area contributed by atoms with Crippen LogP contribution in [0.15, 0.2) is 53.6 Å². The van der Waals surface area contributed by atoms with E-state index in [1.165, 1.54) is 24.3 Å². The highest BCUT2D eigenvalue weighted by atomic mass is 35.5. The molecule has 2 amide bonds. The van der Waals surface area contributed by atoms with Crippen molar-refractivity contribution < 1.29 is 23.9 Å². The Morgan fingerprint density at radius 2 is 1.58 bits per heavy atom. The Morgan fingerprint density at radius 3 is 2.19 bits per heavy atom. The number of carbonyl (C=O) groups excluding carboxylic acids is 3. The molecule has 0 aromatic heterocycles. The van der Waals surface area contributed by atoms with Crippen LogP contribution in [0.4, 0.5) is 5.69 Å². The normalized spacial score (nSPS) is 13.7. The van der Waals surface area contributed by atoms with E-state index < -0.39 is 17.8 Å². The summed E-state index contributed by atoms with van der Waals surface area (Å²) in [4.78, 5) is 38.8. The third-order valence-electron chi connectivity index (χ3n) is 4.74. The molecule has 1 heterocycles. The Kier molecular flexibility index (Phi) is 7.47. The molecular weight excluding hydrogens is 418 g/mol. The minimum atomic E-state index is -0.605. The smallest absolute Gasteiger partial charge is 0.338 e. The summed E-state index contributed by atoms with van der Waals surface area (Å²) in [6, 6.07) is 13.0. The molecule has 0 aliphatic carbocycles. The highest BCUT2D eigenvalue weighted by Gasteiger charge is 2.39. The molecule has 162 valence electrons. The number of rotatable bonds is 9. The standard InChI is InChI=1S/C24H24ClNO5/c1-3-5-15-31-24(29)17-6-10-18(11-7-17)26-22(27)20(21(25)23(26)28)16-8-12-19(13-9-16)30-14-4-2/h6-13H,3-5,14-15H2,1-2H3. The number of nitrogens with zero attached hydrogens (tertiary/aromatic N) is 1. The van der Waals surface area contributed by atoms with Gasteiger partial charge >= 0.3 is 5.97 Å². The second kappa shape index (κ2) is 10.3. The highest BCUT2D eigenvalue weighted by Crippen LogP contribution is 2.35. The number of amides is 2. The summed E-state index contributed by atoms with van der Waals surface area (Å²) in [6.07, 6.45) is 2.60. The largest absolute Gasteiger partial charge is 0.494 e. The summed E-state index contributed by atoms with van der Waals surface area (Å²) in [5.74, 6) is -0.889. The number of esters is 1. The number of anilines is 1. The second-order valence-corrected chi connectivity index (χ2v) is 7.42. The van der Waals surface area contributed by atoms with E-state index in [1.54, 1.807) is 24.3 Å². The van der Waals surface area contributed by atoms with E-state index >= 15 is 0 Å². The zero-order valence-electron chi connectivity index (χ0n) is 17.5. The monoisotopic (exact) mass is 441 g/mol. The van der Waals surface area contributed by atoms with Gasteiger partial charge in [0.1, 0.15) is 10.8 Å². The second-order valence-electron chi connectivity index (χ2n) is 7.04. The van der Waals surface area contributed by atoms with E-state index in [2.05, 4.69) is 0 Å². The summed E-state index contributed by atoms with van der Waals surface area (Å²) < 4.78 is 10.7. The van der Waals surface area contributed by atoms with Crippen LogP contribution in [0.2, 0.25) is 0 Å². The summed E-state index contributed by atoms with van der Waals surface area (Å²) in [7, 11) is 0. The summed E-state index contributed by atoms with van der Waals surface area (Å²) in [6.45, 7) is 4.97. The predicted molar refractivity (Wildman–Crippen MR) is 119 cm³/mol. The molecule has 0 bridgehead atoms. The van der Waals surface area contributed by atoms with Crippen LogP contribution in [0, 0.1) is 0 Å². The lowest BCUT2D eigenvalue weighted by molar-refractivity contribution is -0.119. The van der Waals surface area contributed by atoms with Gasteiger partial charge in [-0.05, 0) is 54.8 Å². The van der Waals surface area contributed by atoms with Crippen LogP contribution in [0.3, 0.4) is 0 Å². The molecule has 0 N–H and O–H groups in total. The van der Waals surface area contributed by atoms with Crippen LogP contribution < -0.4 is 9.64 Å². The first-order chi connectivity index (χ1) is 15.0. The van der Waals surface area contributed by atoms with Crippen molar-refractivity contribution in [3.05, 3.63) is 64.7 Å². The Balaban J connectivity index is 1.77. The van der Waals surface area contributed by atoms with Crippen molar-refractivity contribution in [3.8, 4) is 5.75 Å². The third-order valence-corrected chi connectivity index (χ3v) is 5.09. The van der Waals surface area contributed by atoms with E-state index in [4.69, 9.17) is 21.1 Å². The van der Waals surface area contributed by atoms with E-state index in [0.29, 0.717) is 35.8 Å². The van der Waals surface area contributed by atoms with Crippen molar-refractivity contribution in [2.75, 3.05) is 18.1 Å². The predicted octanol–water partition coefficient (Wildman–Crippen LogP) is 4.96. The van der Waals surface area contributed by atoms with Crippen molar-refractivity contribution >= 4 is 40.6 Å². The maximum absolute atomic E-state index is 13.0. The highest BCUT2D eigenvalue weighted by molar-refractivity contribution is 6.60. The fraction of sp³-hybridized carbons (Fsp3) is 0.292. The van der Waals surface area contributed by atoms with Gasteiger partial charge in [0, 0.05) is 0 Å². The minimum absolute atomic E-state index is 0.136. The molecule has 0 saturated heterocycles.